The van der Waals surface area contributed by atoms with Crippen LogP contribution in [-0.2, 0) is 11.8 Å². The molecule has 0 spiro atoms. The first kappa shape index (κ1) is 12.2. The van der Waals surface area contributed by atoms with E-state index in [0.29, 0.717) is 5.78 Å². The number of hydrogen-bond donors (Lipinski definition) is 0. The standard InChI is InChI=1S/C13H19N3OS/c1-12(2)8-5-6-13(12,3)10(9(8)17)18-11-15-14-7-16(11)4/h7-8,10H,5-6H2,1-4H3/t8-,10-,13-/m1/s1. The quantitative estimate of drug-likeness (QED) is 0.823. The highest BCUT2D eigenvalue weighted by atomic mass is 32.2. The van der Waals surface area contributed by atoms with Gasteiger partial charge >= 0.3 is 0 Å². The number of aromatic nitrogens is 3. The summed E-state index contributed by atoms with van der Waals surface area (Å²) >= 11 is 1.60. The van der Waals surface area contributed by atoms with Crippen molar-refractivity contribution in [3.05, 3.63) is 6.33 Å². The van der Waals surface area contributed by atoms with E-state index >= 15 is 0 Å². The van der Waals surface area contributed by atoms with Gasteiger partial charge in [-0.2, -0.15) is 0 Å². The van der Waals surface area contributed by atoms with Crippen molar-refractivity contribution in [2.24, 2.45) is 23.8 Å². The highest BCUT2D eigenvalue weighted by Crippen LogP contribution is 2.67. The summed E-state index contributed by atoms with van der Waals surface area (Å²) in [6.07, 6.45) is 3.89. The number of rotatable bonds is 2. The minimum Gasteiger partial charge on any atom is -0.312 e. The zero-order valence-corrected chi connectivity index (χ0v) is 12.1. The van der Waals surface area contributed by atoms with Gasteiger partial charge in [0.2, 0.25) is 0 Å². The molecule has 5 heteroatoms. The lowest BCUT2D eigenvalue weighted by atomic mass is 9.71. The van der Waals surface area contributed by atoms with E-state index in [-0.39, 0.29) is 22.0 Å². The second kappa shape index (κ2) is 3.59. The summed E-state index contributed by atoms with van der Waals surface area (Å²) in [5.41, 5.74) is 0.200. The molecule has 2 aliphatic rings. The molecule has 3 atom stereocenters. The van der Waals surface area contributed by atoms with Gasteiger partial charge in [0.15, 0.2) is 5.16 Å². The first-order valence-corrected chi connectivity index (χ1v) is 7.30. The molecule has 0 radical (unpaired) electrons. The van der Waals surface area contributed by atoms with Gasteiger partial charge in [0, 0.05) is 13.0 Å². The largest absolute Gasteiger partial charge is 0.312 e. The Morgan fingerprint density at radius 1 is 1.44 bits per heavy atom. The van der Waals surface area contributed by atoms with Crippen molar-refractivity contribution in [2.45, 2.75) is 44.0 Å². The van der Waals surface area contributed by atoms with E-state index in [4.69, 9.17) is 0 Å². The second-order valence-corrected chi connectivity index (χ2v) is 7.43. The van der Waals surface area contributed by atoms with Crippen LogP contribution in [0.15, 0.2) is 11.5 Å². The van der Waals surface area contributed by atoms with Gasteiger partial charge in [0.1, 0.15) is 12.1 Å². The molecule has 2 fully saturated rings. The zero-order valence-electron chi connectivity index (χ0n) is 11.3. The van der Waals surface area contributed by atoms with E-state index in [1.807, 2.05) is 11.6 Å². The molecule has 4 nitrogen and oxygen atoms in total. The fourth-order valence-electron chi connectivity index (χ4n) is 3.66. The Morgan fingerprint density at radius 2 is 2.17 bits per heavy atom. The van der Waals surface area contributed by atoms with Crippen LogP contribution in [0.25, 0.3) is 0 Å². The number of nitrogens with zero attached hydrogens (tertiary/aromatic N) is 3. The summed E-state index contributed by atoms with van der Waals surface area (Å²) in [7, 11) is 1.92. The van der Waals surface area contributed by atoms with Gasteiger partial charge in [-0.25, -0.2) is 0 Å². The van der Waals surface area contributed by atoms with Gasteiger partial charge in [0.05, 0.1) is 5.25 Å². The molecular formula is C13H19N3OS. The summed E-state index contributed by atoms with van der Waals surface area (Å²) < 4.78 is 1.89. The maximum atomic E-state index is 12.5. The molecule has 98 valence electrons. The van der Waals surface area contributed by atoms with Gasteiger partial charge in [-0.3, -0.25) is 4.79 Å². The number of hydrogen-bond acceptors (Lipinski definition) is 4. The molecule has 0 aromatic carbocycles. The number of aryl methyl sites for hydroxylation is 1. The lowest BCUT2D eigenvalue weighted by molar-refractivity contribution is -0.122. The molecule has 1 aromatic heterocycles. The SMILES string of the molecule is Cn1cnnc1S[C@@H]1C(=O)[C@H]2CC[C@@]1(C)C2(C)C. The van der Waals surface area contributed by atoms with Crippen LogP contribution < -0.4 is 0 Å². The molecule has 3 rings (SSSR count). The lowest BCUT2D eigenvalue weighted by Gasteiger charge is -2.37. The number of thioether (sulfide) groups is 1. The minimum absolute atomic E-state index is 0.0362. The van der Waals surface area contributed by atoms with Crippen molar-refractivity contribution in [3.63, 3.8) is 0 Å². The van der Waals surface area contributed by atoms with Gasteiger partial charge in [-0.05, 0) is 23.7 Å². The van der Waals surface area contributed by atoms with E-state index in [1.54, 1.807) is 18.1 Å². The van der Waals surface area contributed by atoms with Gasteiger partial charge < -0.3 is 4.57 Å². The maximum absolute atomic E-state index is 12.5. The van der Waals surface area contributed by atoms with Crippen LogP contribution in [0.4, 0.5) is 0 Å². The number of Topliss-reactive ketones (excluding diaryl/α,β-unsaturated/α-hetero) is 1. The van der Waals surface area contributed by atoms with Crippen molar-refractivity contribution in [2.75, 3.05) is 0 Å². The summed E-state index contributed by atoms with van der Waals surface area (Å²) in [6.45, 7) is 6.77. The van der Waals surface area contributed by atoms with Crippen molar-refractivity contribution >= 4 is 17.5 Å². The molecule has 2 saturated carbocycles. The summed E-state index contributed by atoms with van der Waals surface area (Å²) in [4.78, 5) is 12.5. The molecule has 18 heavy (non-hydrogen) atoms. The van der Waals surface area contributed by atoms with Crippen LogP contribution in [0.2, 0.25) is 0 Å². The number of carbonyl (C=O) groups is 1. The van der Waals surface area contributed by atoms with Crippen LogP contribution in [0, 0.1) is 16.7 Å². The van der Waals surface area contributed by atoms with Gasteiger partial charge in [0.25, 0.3) is 0 Å². The average Bonchev–Trinajstić information content (AvgIpc) is 2.82. The minimum atomic E-state index is 0.0362. The topological polar surface area (TPSA) is 47.8 Å². The van der Waals surface area contributed by atoms with Crippen molar-refractivity contribution < 1.29 is 4.79 Å². The normalized spacial score (nSPS) is 37.4. The Morgan fingerprint density at radius 3 is 2.67 bits per heavy atom. The number of fused-ring (bicyclic) bond motifs is 2. The summed E-state index contributed by atoms with van der Waals surface area (Å²) in [5.74, 6) is 0.648. The Hall–Kier alpha value is -0.840. The summed E-state index contributed by atoms with van der Waals surface area (Å²) in [6, 6.07) is 0. The predicted molar refractivity (Wildman–Crippen MR) is 70.3 cm³/mol. The molecule has 0 saturated heterocycles. The first-order chi connectivity index (χ1) is 8.38. The van der Waals surface area contributed by atoms with Crippen LogP contribution >= 0.6 is 11.8 Å². The molecule has 2 bridgehead atoms. The Balaban J connectivity index is 1.95. The molecule has 0 amide bonds. The fraction of sp³-hybridized carbons (Fsp3) is 0.769. The van der Waals surface area contributed by atoms with Crippen LogP contribution in [-0.4, -0.2) is 25.8 Å². The first-order valence-electron chi connectivity index (χ1n) is 6.42. The van der Waals surface area contributed by atoms with E-state index in [0.717, 1.165) is 18.0 Å². The summed E-state index contributed by atoms with van der Waals surface area (Å²) in [5, 5.41) is 8.87. The second-order valence-electron chi connectivity index (χ2n) is 6.36. The van der Waals surface area contributed by atoms with Gasteiger partial charge in [-0.1, -0.05) is 32.5 Å². The van der Waals surface area contributed by atoms with Crippen LogP contribution in [0.1, 0.15) is 33.6 Å². The molecule has 1 heterocycles. The highest BCUT2D eigenvalue weighted by molar-refractivity contribution is 8.00. The Bertz CT molecular complexity index is 510. The molecule has 0 N–H and O–H groups in total. The molecule has 0 aliphatic heterocycles. The lowest BCUT2D eigenvalue weighted by Crippen LogP contribution is -2.35. The molecule has 1 aromatic rings. The number of ketones is 1. The third-order valence-corrected chi connectivity index (χ3v) is 6.94. The zero-order chi connectivity index (χ0) is 13.1. The third-order valence-electron chi connectivity index (χ3n) is 5.37. The monoisotopic (exact) mass is 265 g/mol. The van der Waals surface area contributed by atoms with Crippen molar-refractivity contribution in [1.82, 2.24) is 14.8 Å². The van der Waals surface area contributed by atoms with Crippen LogP contribution in [0.5, 0.6) is 0 Å². The molecule has 0 unspecified atom stereocenters. The Kier molecular flexibility index (Phi) is 2.44. The van der Waals surface area contributed by atoms with E-state index in [2.05, 4.69) is 31.0 Å². The average molecular weight is 265 g/mol. The van der Waals surface area contributed by atoms with Crippen molar-refractivity contribution in [1.29, 1.82) is 0 Å². The van der Waals surface area contributed by atoms with Gasteiger partial charge in [-0.15, -0.1) is 10.2 Å². The fourth-order valence-corrected chi connectivity index (χ4v) is 5.14. The van der Waals surface area contributed by atoms with E-state index < -0.39 is 0 Å². The third kappa shape index (κ3) is 1.31. The molecular weight excluding hydrogens is 246 g/mol. The predicted octanol–water partition coefficient (Wildman–Crippen LogP) is 2.30. The van der Waals surface area contributed by atoms with Crippen molar-refractivity contribution in [3.8, 4) is 0 Å². The maximum Gasteiger partial charge on any atom is 0.191 e. The van der Waals surface area contributed by atoms with E-state index in [9.17, 15) is 4.79 Å². The highest BCUT2D eigenvalue weighted by Gasteiger charge is 2.66. The smallest absolute Gasteiger partial charge is 0.191 e. The van der Waals surface area contributed by atoms with E-state index in [1.165, 1.54) is 0 Å². The number of carbonyl (C=O) groups excluding carboxylic acids is 1. The Labute approximate surface area is 112 Å². The van der Waals surface area contributed by atoms with Crippen LogP contribution in [0.3, 0.4) is 0 Å². The molecule has 2 aliphatic carbocycles.